The molecule has 23 heavy (non-hydrogen) atoms. The molecule has 0 radical (unpaired) electrons. The fraction of sp³-hybridized carbons (Fsp3) is 0.333. The van der Waals surface area contributed by atoms with E-state index in [0.29, 0.717) is 48.0 Å². The SMILES string of the molecule is COc1ccc(-c2cc(=O)[nH]c(=S)n2CCNCCN)c(O)c1. The summed E-state index contributed by atoms with van der Waals surface area (Å²) in [5, 5.41) is 13.4. The molecule has 0 bridgehead atoms. The summed E-state index contributed by atoms with van der Waals surface area (Å²) in [7, 11) is 1.52. The van der Waals surface area contributed by atoms with E-state index in [0.717, 1.165) is 0 Å². The van der Waals surface area contributed by atoms with Crippen molar-refractivity contribution >= 4 is 12.2 Å². The van der Waals surface area contributed by atoms with E-state index in [-0.39, 0.29) is 11.3 Å². The van der Waals surface area contributed by atoms with Crippen molar-refractivity contribution < 1.29 is 9.84 Å². The largest absolute Gasteiger partial charge is 0.507 e. The molecule has 124 valence electrons. The van der Waals surface area contributed by atoms with Crippen molar-refractivity contribution in [3.05, 3.63) is 39.4 Å². The van der Waals surface area contributed by atoms with Gasteiger partial charge in [-0.3, -0.25) is 9.78 Å². The Morgan fingerprint density at radius 3 is 2.83 bits per heavy atom. The maximum Gasteiger partial charge on any atom is 0.252 e. The minimum absolute atomic E-state index is 0.0213. The summed E-state index contributed by atoms with van der Waals surface area (Å²) >= 11 is 5.25. The number of hydrogen-bond donors (Lipinski definition) is 4. The molecule has 0 aliphatic carbocycles. The van der Waals surface area contributed by atoms with Crippen LogP contribution in [0.15, 0.2) is 29.1 Å². The van der Waals surface area contributed by atoms with Crippen molar-refractivity contribution in [3.63, 3.8) is 0 Å². The van der Waals surface area contributed by atoms with E-state index in [4.69, 9.17) is 22.7 Å². The van der Waals surface area contributed by atoms with Crippen LogP contribution in [0.4, 0.5) is 0 Å². The highest BCUT2D eigenvalue weighted by molar-refractivity contribution is 7.71. The first-order valence-electron chi connectivity index (χ1n) is 7.19. The fourth-order valence-electron chi connectivity index (χ4n) is 2.24. The molecule has 0 unspecified atom stereocenters. The summed E-state index contributed by atoms with van der Waals surface area (Å²) in [5.41, 5.74) is 6.20. The quantitative estimate of drug-likeness (QED) is 0.441. The second-order valence-corrected chi connectivity index (χ2v) is 5.28. The molecule has 0 aliphatic heterocycles. The number of nitrogens with zero attached hydrogens (tertiary/aromatic N) is 1. The van der Waals surface area contributed by atoms with Crippen LogP contribution in [0.2, 0.25) is 0 Å². The number of aromatic hydroxyl groups is 1. The van der Waals surface area contributed by atoms with Crippen LogP contribution in [0.1, 0.15) is 0 Å². The number of aromatic amines is 1. The third-order valence-corrected chi connectivity index (χ3v) is 3.67. The number of benzene rings is 1. The average Bonchev–Trinajstić information content (AvgIpc) is 2.52. The Balaban J connectivity index is 2.44. The molecular formula is C15H20N4O3S. The van der Waals surface area contributed by atoms with Crippen molar-refractivity contribution in [1.29, 1.82) is 0 Å². The lowest BCUT2D eigenvalue weighted by atomic mass is 10.1. The molecule has 0 saturated heterocycles. The van der Waals surface area contributed by atoms with Crippen molar-refractivity contribution in [2.75, 3.05) is 26.7 Å². The third kappa shape index (κ3) is 4.19. The highest BCUT2D eigenvalue weighted by atomic mass is 32.1. The van der Waals surface area contributed by atoms with E-state index in [2.05, 4.69) is 10.3 Å². The number of H-pyrrole nitrogens is 1. The molecule has 0 atom stereocenters. The van der Waals surface area contributed by atoms with E-state index < -0.39 is 0 Å². The lowest BCUT2D eigenvalue weighted by Gasteiger charge is -2.15. The smallest absolute Gasteiger partial charge is 0.252 e. The van der Waals surface area contributed by atoms with Gasteiger partial charge in [-0.1, -0.05) is 0 Å². The van der Waals surface area contributed by atoms with E-state index in [9.17, 15) is 9.90 Å². The van der Waals surface area contributed by atoms with Gasteiger partial charge in [0.15, 0.2) is 4.77 Å². The van der Waals surface area contributed by atoms with Gasteiger partial charge in [0.05, 0.1) is 12.8 Å². The summed E-state index contributed by atoms with van der Waals surface area (Å²) in [6.07, 6.45) is 0. The standard InChI is InChI=1S/C15H20N4O3S/c1-22-10-2-3-11(13(20)8-10)12-9-14(21)18-15(23)19(12)7-6-17-5-4-16/h2-3,8-9,17,20H,4-7,16H2,1H3,(H,18,21,23). The van der Waals surface area contributed by atoms with Gasteiger partial charge in [0.2, 0.25) is 0 Å². The fourth-order valence-corrected chi connectivity index (χ4v) is 2.53. The number of phenolic OH excluding ortho intramolecular Hbond substituents is 1. The maximum absolute atomic E-state index is 11.8. The molecule has 5 N–H and O–H groups in total. The van der Waals surface area contributed by atoms with Crippen LogP contribution >= 0.6 is 12.2 Å². The minimum Gasteiger partial charge on any atom is -0.507 e. The average molecular weight is 336 g/mol. The van der Waals surface area contributed by atoms with Crippen LogP contribution in [0, 0.1) is 4.77 Å². The van der Waals surface area contributed by atoms with Gasteiger partial charge in [-0.25, -0.2) is 0 Å². The Bertz CT molecular complexity index is 785. The highest BCUT2D eigenvalue weighted by Crippen LogP contribution is 2.31. The summed E-state index contributed by atoms with van der Waals surface area (Å²) in [6.45, 7) is 2.42. The lowest BCUT2D eigenvalue weighted by Crippen LogP contribution is -2.27. The number of methoxy groups -OCH3 is 1. The molecule has 1 aromatic carbocycles. The maximum atomic E-state index is 11.8. The second-order valence-electron chi connectivity index (χ2n) is 4.90. The van der Waals surface area contributed by atoms with Gasteiger partial charge in [0.1, 0.15) is 11.5 Å². The van der Waals surface area contributed by atoms with E-state index >= 15 is 0 Å². The molecule has 0 fully saturated rings. The van der Waals surface area contributed by atoms with Crippen LogP contribution in [0.5, 0.6) is 11.5 Å². The predicted octanol–water partition coefficient (Wildman–Crippen LogP) is 0.835. The zero-order valence-corrected chi connectivity index (χ0v) is 13.7. The first-order valence-corrected chi connectivity index (χ1v) is 7.60. The van der Waals surface area contributed by atoms with Crippen LogP contribution < -0.4 is 21.3 Å². The Kier molecular flexibility index (Phi) is 5.91. The molecule has 1 heterocycles. The van der Waals surface area contributed by atoms with Crippen molar-refractivity contribution in [1.82, 2.24) is 14.9 Å². The Morgan fingerprint density at radius 2 is 2.17 bits per heavy atom. The predicted molar refractivity (Wildman–Crippen MR) is 91.5 cm³/mol. The molecule has 2 aromatic rings. The summed E-state index contributed by atoms with van der Waals surface area (Å²) in [4.78, 5) is 14.4. The molecule has 0 saturated carbocycles. The molecule has 8 heteroatoms. The van der Waals surface area contributed by atoms with Crippen molar-refractivity contribution in [2.45, 2.75) is 6.54 Å². The van der Waals surface area contributed by atoms with Crippen LogP contribution in [0.25, 0.3) is 11.3 Å². The number of nitrogens with two attached hydrogens (primary N) is 1. The highest BCUT2D eigenvalue weighted by Gasteiger charge is 2.11. The molecular weight excluding hydrogens is 316 g/mol. The molecule has 0 spiro atoms. The number of phenols is 1. The van der Waals surface area contributed by atoms with E-state index in [1.165, 1.54) is 19.2 Å². The zero-order chi connectivity index (χ0) is 16.8. The van der Waals surface area contributed by atoms with E-state index in [1.54, 1.807) is 16.7 Å². The van der Waals surface area contributed by atoms with Gasteiger partial charge in [0.25, 0.3) is 5.56 Å². The molecule has 0 amide bonds. The number of ether oxygens (including phenoxy) is 1. The number of hydrogen-bond acceptors (Lipinski definition) is 6. The third-order valence-electron chi connectivity index (χ3n) is 3.35. The van der Waals surface area contributed by atoms with Gasteiger partial charge in [-0.05, 0) is 24.4 Å². The minimum atomic E-state index is -0.314. The topological polar surface area (TPSA) is 105 Å². The van der Waals surface area contributed by atoms with Crippen LogP contribution in [0.3, 0.4) is 0 Å². The summed E-state index contributed by atoms with van der Waals surface area (Å²) in [5.74, 6) is 0.555. The van der Waals surface area contributed by atoms with Crippen LogP contribution in [-0.4, -0.2) is 41.4 Å². The first kappa shape index (κ1) is 17.2. The molecule has 7 nitrogen and oxygen atoms in total. The summed E-state index contributed by atoms with van der Waals surface area (Å²) < 4.78 is 7.15. The number of rotatable bonds is 7. The van der Waals surface area contributed by atoms with Crippen molar-refractivity contribution in [3.8, 4) is 22.8 Å². The Hall–Kier alpha value is -2.16. The Morgan fingerprint density at radius 1 is 1.39 bits per heavy atom. The summed E-state index contributed by atoms with van der Waals surface area (Å²) in [6, 6.07) is 6.33. The normalized spacial score (nSPS) is 10.7. The van der Waals surface area contributed by atoms with Gasteiger partial charge >= 0.3 is 0 Å². The zero-order valence-electron chi connectivity index (χ0n) is 12.8. The monoisotopic (exact) mass is 336 g/mol. The van der Waals surface area contributed by atoms with Gasteiger partial charge in [-0.15, -0.1) is 0 Å². The van der Waals surface area contributed by atoms with Crippen molar-refractivity contribution in [2.24, 2.45) is 5.73 Å². The number of nitrogens with one attached hydrogen (secondary N) is 2. The first-order chi connectivity index (χ1) is 11.1. The van der Waals surface area contributed by atoms with Crippen LogP contribution in [-0.2, 0) is 6.54 Å². The molecule has 1 aromatic heterocycles. The molecule has 0 aliphatic rings. The van der Waals surface area contributed by atoms with E-state index in [1.807, 2.05) is 0 Å². The van der Waals surface area contributed by atoms with Gasteiger partial charge < -0.3 is 25.5 Å². The molecule has 2 rings (SSSR count). The number of aromatic nitrogens is 2. The van der Waals surface area contributed by atoms with Gasteiger partial charge in [0, 0.05) is 43.9 Å². The van der Waals surface area contributed by atoms with Gasteiger partial charge in [-0.2, -0.15) is 0 Å². The second kappa shape index (κ2) is 7.91. The Labute approximate surface area is 138 Å². The lowest BCUT2D eigenvalue weighted by molar-refractivity contribution is 0.408.